The Morgan fingerprint density at radius 2 is 2.19 bits per heavy atom. The van der Waals surface area contributed by atoms with Crippen LogP contribution >= 0.6 is 11.6 Å². The lowest BCUT2D eigenvalue weighted by molar-refractivity contribution is -0.0111. The van der Waals surface area contributed by atoms with Crippen molar-refractivity contribution in [2.45, 2.75) is 45.1 Å². The quantitative estimate of drug-likeness (QED) is 0.735. The average Bonchev–Trinajstić information content (AvgIpc) is 2.55. The molecule has 1 fully saturated rings. The van der Waals surface area contributed by atoms with E-state index >= 15 is 0 Å². The molecule has 2 atom stereocenters. The zero-order chi connectivity index (χ0) is 18.9. The first-order valence-corrected chi connectivity index (χ1v) is 8.80. The summed E-state index contributed by atoms with van der Waals surface area (Å²) < 4.78 is 25.7. The fourth-order valence-corrected chi connectivity index (χ4v) is 2.94. The standard InChI is InChI=1S/C18H21ClFN3O3/c1-18(2,3)26-17(24)23-8-6-14(12(20)10-23)25-16-11-5-4-7-21-13(11)9-15(19)22-16/h4-5,7,9,12,14H,6,8,10H2,1-3H3/t12-,14-/m0/s1. The summed E-state index contributed by atoms with van der Waals surface area (Å²) in [7, 11) is 0. The lowest BCUT2D eigenvalue weighted by atomic mass is 10.1. The van der Waals surface area contributed by atoms with Gasteiger partial charge in [-0.1, -0.05) is 11.6 Å². The number of carbonyl (C=O) groups is 1. The van der Waals surface area contributed by atoms with Gasteiger partial charge in [0.2, 0.25) is 5.88 Å². The molecule has 0 spiro atoms. The van der Waals surface area contributed by atoms with Gasteiger partial charge in [-0.15, -0.1) is 0 Å². The van der Waals surface area contributed by atoms with Gasteiger partial charge in [0.1, 0.15) is 16.9 Å². The predicted molar refractivity (Wildman–Crippen MR) is 96.3 cm³/mol. The molecule has 0 bridgehead atoms. The van der Waals surface area contributed by atoms with E-state index in [1.807, 2.05) is 0 Å². The third-order valence-corrected chi connectivity index (χ3v) is 4.12. The number of likely N-dealkylation sites (tertiary alicyclic amines) is 1. The predicted octanol–water partition coefficient (Wildman–Crippen LogP) is 4.01. The summed E-state index contributed by atoms with van der Waals surface area (Å²) >= 11 is 6.01. The summed E-state index contributed by atoms with van der Waals surface area (Å²) in [5, 5.41) is 0.895. The largest absolute Gasteiger partial charge is 0.471 e. The molecule has 3 heterocycles. The molecule has 1 aliphatic rings. The smallest absolute Gasteiger partial charge is 0.410 e. The van der Waals surface area contributed by atoms with Crippen molar-refractivity contribution in [2.24, 2.45) is 0 Å². The van der Waals surface area contributed by atoms with Crippen LogP contribution in [0.1, 0.15) is 27.2 Å². The Bertz CT molecular complexity index is 812. The number of hydrogen-bond donors (Lipinski definition) is 0. The zero-order valence-electron chi connectivity index (χ0n) is 14.9. The molecule has 1 saturated heterocycles. The Hall–Kier alpha value is -2.15. The highest BCUT2D eigenvalue weighted by molar-refractivity contribution is 6.30. The van der Waals surface area contributed by atoms with Crippen LogP contribution in [0.3, 0.4) is 0 Å². The molecule has 1 amide bonds. The SMILES string of the molecule is CC(C)(C)OC(=O)N1CC[C@H](Oc2nc(Cl)cc3ncccc23)[C@@H](F)C1. The van der Waals surface area contributed by atoms with Crippen LogP contribution in [0.4, 0.5) is 9.18 Å². The molecular weight excluding hydrogens is 361 g/mol. The van der Waals surface area contributed by atoms with Crippen LogP contribution < -0.4 is 4.74 Å². The number of halogens is 2. The average molecular weight is 382 g/mol. The van der Waals surface area contributed by atoms with E-state index in [-0.39, 0.29) is 17.6 Å². The molecule has 0 radical (unpaired) electrons. The maximum absolute atomic E-state index is 14.6. The molecule has 0 aliphatic carbocycles. The van der Waals surface area contributed by atoms with E-state index in [0.29, 0.717) is 23.9 Å². The lowest BCUT2D eigenvalue weighted by Gasteiger charge is -2.35. The molecular formula is C18H21ClFN3O3. The van der Waals surface area contributed by atoms with Crippen LogP contribution in [-0.4, -0.2) is 51.9 Å². The van der Waals surface area contributed by atoms with Crippen LogP contribution in [-0.2, 0) is 4.74 Å². The van der Waals surface area contributed by atoms with E-state index < -0.39 is 24.0 Å². The normalized spacial score (nSPS) is 20.9. The van der Waals surface area contributed by atoms with Crippen molar-refractivity contribution < 1.29 is 18.7 Å². The first-order chi connectivity index (χ1) is 12.2. The maximum Gasteiger partial charge on any atom is 0.410 e. The van der Waals surface area contributed by atoms with Crippen molar-refractivity contribution >= 4 is 28.6 Å². The Labute approximate surface area is 156 Å². The van der Waals surface area contributed by atoms with E-state index in [0.717, 1.165) is 0 Å². The molecule has 6 nitrogen and oxygen atoms in total. The number of aromatic nitrogens is 2. The minimum Gasteiger partial charge on any atom is -0.471 e. The highest BCUT2D eigenvalue weighted by Crippen LogP contribution is 2.28. The van der Waals surface area contributed by atoms with E-state index in [9.17, 15) is 9.18 Å². The van der Waals surface area contributed by atoms with Crippen molar-refractivity contribution in [3.05, 3.63) is 29.5 Å². The minimum atomic E-state index is -1.36. The fourth-order valence-electron chi connectivity index (χ4n) is 2.76. The molecule has 0 unspecified atom stereocenters. The van der Waals surface area contributed by atoms with Gasteiger partial charge in [0, 0.05) is 25.2 Å². The second kappa shape index (κ2) is 7.23. The topological polar surface area (TPSA) is 64.5 Å². The molecule has 26 heavy (non-hydrogen) atoms. The summed E-state index contributed by atoms with van der Waals surface area (Å²) in [6.45, 7) is 5.58. The van der Waals surface area contributed by atoms with Crippen molar-refractivity contribution in [3.63, 3.8) is 0 Å². The van der Waals surface area contributed by atoms with Crippen LogP contribution in [0.25, 0.3) is 10.9 Å². The second-order valence-corrected chi connectivity index (χ2v) is 7.59. The summed E-state index contributed by atoms with van der Waals surface area (Å²) in [5.74, 6) is 0.249. The van der Waals surface area contributed by atoms with Crippen LogP contribution in [0, 0.1) is 0 Å². The number of pyridine rings is 2. The third-order valence-electron chi connectivity index (χ3n) is 3.93. The van der Waals surface area contributed by atoms with Gasteiger partial charge >= 0.3 is 6.09 Å². The number of nitrogens with zero attached hydrogens (tertiary/aromatic N) is 3. The molecule has 8 heteroatoms. The van der Waals surface area contributed by atoms with Gasteiger partial charge in [-0.3, -0.25) is 4.98 Å². The van der Waals surface area contributed by atoms with E-state index in [1.165, 1.54) is 4.90 Å². The first kappa shape index (κ1) is 18.6. The van der Waals surface area contributed by atoms with Gasteiger partial charge in [-0.25, -0.2) is 14.2 Å². The number of piperidine rings is 1. The molecule has 1 aliphatic heterocycles. The molecule has 0 aromatic carbocycles. The number of carbonyl (C=O) groups excluding carboxylic acids is 1. The Balaban J connectivity index is 1.71. The molecule has 2 aromatic heterocycles. The molecule has 0 saturated carbocycles. The van der Waals surface area contributed by atoms with Crippen LogP contribution in [0.2, 0.25) is 5.15 Å². The van der Waals surface area contributed by atoms with Crippen molar-refractivity contribution in [3.8, 4) is 5.88 Å². The van der Waals surface area contributed by atoms with Crippen molar-refractivity contribution in [1.29, 1.82) is 0 Å². The number of hydrogen-bond acceptors (Lipinski definition) is 5. The van der Waals surface area contributed by atoms with Gasteiger partial charge in [-0.2, -0.15) is 0 Å². The number of ether oxygens (including phenoxy) is 2. The molecule has 140 valence electrons. The Morgan fingerprint density at radius 3 is 2.88 bits per heavy atom. The van der Waals surface area contributed by atoms with E-state index in [2.05, 4.69) is 9.97 Å². The number of rotatable bonds is 2. The summed E-state index contributed by atoms with van der Waals surface area (Å²) in [4.78, 5) is 21.8. The van der Waals surface area contributed by atoms with E-state index in [4.69, 9.17) is 21.1 Å². The summed E-state index contributed by atoms with van der Waals surface area (Å²) in [6.07, 6.45) is -0.628. The second-order valence-electron chi connectivity index (χ2n) is 7.21. The zero-order valence-corrected chi connectivity index (χ0v) is 15.7. The van der Waals surface area contributed by atoms with Gasteiger partial charge in [0.25, 0.3) is 0 Å². The Kier molecular flexibility index (Phi) is 5.18. The third kappa shape index (κ3) is 4.33. The fraction of sp³-hybridized carbons (Fsp3) is 0.500. The summed E-state index contributed by atoms with van der Waals surface area (Å²) in [5.41, 5.74) is 0.0106. The number of alkyl halides is 1. The monoisotopic (exact) mass is 381 g/mol. The first-order valence-electron chi connectivity index (χ1n) is 8.43. The minimum absolute atomic E-state index is 0.0870. The van der Waals surface area contributed by atoms with Gasteiger partial charge in [0.05, 0.1) is 17.4 Å². The van der Waals surface area contributed by atoms with Crippen LogP contribution in [0.15, 0.2) is 24.4 Å². The Morgan fingerprint density at radius 1 is 1.42 bits per heavy atom. The van der Waals surface area contributed by atoms with Crippen molar-refractivity contribution in [2.75, 3.05) is 13.1 Å². The lowest BCUT2D eigenvalue weighted by Crippen LogP contribution is -2.50. The van der Waals surface area contributed by atoms with E-state index in [1.54, 1.807) is 45.2 Å². The highest BCUT2D eigenvalue weighted by atomic mass is 35.5. The molecule has 3 rings (SSSR count). The van der Waals surface area contributed by atoms with Gasteiger partial charge in [-0.05, 0) is 32.9 Å². The molecule has 2 aromatic rings. The number of fused-ring (bicyclic) bond motifs is 1. The maximum atomic E-state index is 14.6. The summed E-state index contributed by atoms with van der Waals surface area (Å²) in [6, 6.07) is 5.18. The van der Waals surface area contributed by atoms with Gasteiger partial charge in [0.15, 0.2) is 6.17 Å². The van der Waals surface area contributed by atoms with Gasteiger partial charge < -0.3 is 14.4 Å². The number of amides is 1. The van der Waals surface area contributed by atoms with Crippen LogP contribution in [0.5, 0.6) is 5.88 Å². The molecule has 0 N–H and O–H groups in total. The highest BCUT2D eigenvalue weighted by Gasteiger charge is 2.35. The van der Waals surface area contributed by atoms with Crippen molar-refractivity contribution in [1.82, 2.24) is 14.9 Å².